The summed E-state index contributed by atoms with van der Waals surface area (Å²) in [5.41, 5.74) is -0.145. The molecular formula is C24H25F4N5O2. The Bertz CT molecular complexity index is 1170. The van der Waals surface area contributed by atoms with Crippen LogP contribution in [0.3, 0.4) is 0 Å². The standard InChI is InChI=1S/C24H25F4N5O2/c1-15(22(34)29-20-8-4-7-19(25)14-20)32-9-11-33(12-10-32)16(2)23-30-21(31-35-23)17-5-3-6-18(13-17)24(26,27)28/h3-8,13-16H,9-12H2,1-2H3,(H,29,34)/t15-,16-/m1/s1. The number of alkyl halides is 3. The Kier molecular flexibility index (Phi) is 7.18. The molecule has 4 rings (SSSR count). The minimum atomic E-state index is -4.46. The van der Waals surface area contributed by atoms with Gasteiger partial charge in [0.1, 0.15) is 5.82 Å². The van der Waals surface area contributed by atoms with Gasteiger partial charge in [-0.05, 0) is 44.2 Å². The minimum Gasteiger partial charge on any atom is -0.337 e. The van der Waals surface area contributed by atoms with Crippen molar-refractivity contribution in [1.82, 2.24) is 19.9 Å². The van der Waals surface area contributed by atoms with E-state index in [1.165, 1.54) is 30.3 Å². The van der Waals surface area contributed by atoms with Crippen LogP contribution in [0.15, 0.2) is 53.1 Å². The molecule has 1 N–H and O–H groups in total. The van der Waals surface area contributed by atoms with E-state index < -0.39 is 23.6 Å². The van der Waals surface area contributed by atoms with Crippen molar-refractivity contribution in [2.45, 2.75) is 32.1 Å². The molecule has 0 aliphatic carbocycles. The molecular weight excluding hydrogens is 466 g/mol. The number of hydrogen-bond acceptors (Lipinski definition) is 6. The van der Waals surface area contributed by atoms with Crippen LogP contribution < -0.4 is 5.32 Å². The molecule has 2 heterocycles. The van der Waals surface area contributed by atoms with Crippen LogP contribution in [-0.2, 0) is 11.0 Å². The van der Waals surface area contributed by atoms with Gasteiger partial charge in [0.2, 0.25) is 17.6 Å². The lowest BCUT2D eigenvalue weighted by molar-refractivity contribution is -0.137. The van der Waals surface area contributed by atoms with Gasteiger partial charge >= 0.3 is 6.18 Å². The van der Waals surface area contributed by atoms with E-state index in [1.54, 1.807) is 13.0 Å². The molecule has 2 atom stereocenters. The van der Waals surface area contributed by atoms with Gasteiger partial charge in [0.15, 0.2) is 0 Å². The van der Waals surface area contributed by atoms with E-state index in [0.717, 1.165) is 12.1 Å². The summed E-state index contributed by atoms with van der Waals surface area (Å²) < 4.78 is 57.7. The number of hydrogen-bond donors (Lipinski definition) is 1. The van der Waals surface area contributed by atoms with Gasteiger partial charge in [0.25, 0.3) is 0 Å². The topological polar surface area (TPSA) is 74.5 Å². The number of carbonyl (C=O) groups excluding carboxylic acids is 1. The average Bonchev–Trinajstić information content (AvgIpc) is 3.33. The molecule has 0 bridgehead atoms. The normalized spacial score (nSPS) is 17.2. The van der Waals surface area contributed by atoms with Gasteiger partial charge < -0.3 is 9.84 Å². The van der Waals surface area contributed by atoms with Crippen molar-refractivity contribution in [2.24, 2.45) is 0 Å². The van der Waals surface area contributed by atoms with E-state index in [0.29, 0.717) is 37.8 Å². The summed E-state index contributed by atoms with van der Waals surface area (Å²) in [6.45, 7) is 6.15. The van der Waals surface area contributed by atoms with Gasteiger partial charge in [0.05, 0.1) is 17.6 Å². The summed E-state index contributed by atoms with van der Waals surface area (Å²) in [4.78, 5) is 21.0. The number of rotatable bonds is 6. The zero-order valence-corrected chi connectivity index (χ0v) is 19.2. The number of anilines is 1. The molecule has 1 saturated heterocycles. The molecule has 0 radical (unpaired) electrons. The molecule has 2 aromatic carbocycles. The van der Waals surface area contributed by atoms with Gasteiger partial charge in [-0.3, -0.25) is 14.6 Å². The Hall–Kier alpha value is -3.31. The van der Waals surface area contributed by atoms with E-state index in [4.69, 9.17) is 4.52 Å². The van der Waals surface area contributed by atoms with Crippen molar-refractivity contribution < 1.29 is 26.9 Å². The summed E-state index contributed by atoms with van der Waals surface area (Å²) in [5, 5.41) is 6.60. The second-order valence-electron chi connectivity index (χ2n) is 8.46. The number of amides is 1. The third kappa shape index (κ3) is 5.85. The van der Waals surface area contributed by atoms with Crippen molar-refractivity contribution >= 4 is 11.6 Å². The number of halogens is 4. The highest BCUT2D eigenvalue weighted by atomic mass is 19.4. The molecule has 1 fully saturated rings. The van der Waals surface area contributed by atoms with Gasteiger partial charge in [-0.25, -0.2) is 4.39 Å². The van der Waals surface area contributed by atoms with E-state index in [2.05, 4.69) is 20.4 Å². The van der Waals surface area contributed by atoms with E-state index in [-0.39, 0.29) is 23.3 Å². The lowest BCUT2D eigenvalue weighted by atomic mass is 10.1. The number of benzene rings is 2. The molecule has 0 saturated carbocycles. The molecule has 1 amide bonds. The van der Waals surface area contributed by atoms with Gasteiger partial charge in [-0.2, -0.15) is 18.2 Å². The molecule has 0 spiro atoms. The van der Waals surface area contributed by atoms with Crippen molar-refractivity contribution in [1.29, 1.82) is 0 Å². The van der Waals surface area contributed by atoms with Crippen LogP contribution in [-0.4, -0.2) is 58.1 Å². The second-order valence-corrected chi connectivity index (χ2v) is 8.46. The summed E-state index contributed by atoms with van der Waals surface area (Å²) in [7, 11) is 0. The summed E-state index contributed by atoms with van der Waals surface area (Å²) in [5.74, 6) is -0.239. The quantitative estimate of drug-likeness (QED) is 0.508. The van der Waals surface area contributed by atoms with E-state index in [9.17, 15) is 22.4 Å². The summed E-state index contributed by atoms with van der Waals surface area (Å²) in [6.07, 6.45) is -4.46. The SMILES string of the molecule is C[C@H](C(=O)Nc1cccc(F)c1)N1CCN([C@H](C)c2nc(-c3cccc(C(F)(F)F)c3)no2)CC1. The number of piperazine rings is 1. The van der Waals surface area contributed by atoms with E-state index >= 15 is 0 Å². The molecule has 11 heteroatoms. The second kappa shape index (κ2) is 10.1. The largest absolute Gasteiger partial charge is 0.416 e. The van der Waals surface area contributed by atoms with Crippen LogP contribution in [0.25, 0.3) is 11.4 Å². The maximum atomic E-state index is 13.4. The van der Waals surface area contributed by atoms with Crippen molar-refractivity contribution in [2.75, 3.05) is 31.5 Å². The Morgan fingerprint density at radius 2 is 1.71 bits per heavy atom. The first-order valence-corrected chi connectivity index (χ1v) is 11.2. The Morgan fingerprint density at radius 1 is 1.03 bits per heavy atom. The molecule has 1 aromatic heterocycles. The fraction of sp³-hybridized carbons (Fsp3) is 0.375. The smallest absolute Gasteiger partial charge is 0.337 e. The highest BCUT2D eigenvalue weighted by Gasteiger charge is 2.32. The molecule has 3 aromatic rings. The lowest BCUT2D eigenvalue weighted by Gasteiger charge is -2.39. The first-order valence-electron chi connectivity index (χ1n) is 11.2. The maximum absolute atomic E-state index is 13.4. The molecule has 186 valence electrons. The average molecular weight is 491 g/mol. The van der Waals surface area contributed by atoms with Crippen LogP contribution in [0.1, 0.15) is 31.3 Å². The predicted molar refractivity (Wildman–Crippen MR) is 121 cm³/mol. The highest BCUT2D eigenvalue weighted by Crippen LogP contribution is 2.32. The van der Waals surface area contributed by atoms with Crippen molar-refractivity contribution in [3.63, 3.8) is 0 Å². The predicted octanol–water partition coefficient (Wildman–Crippen LogP) is 4.60. The fourth-order valence-electron chi connectivity index (χ4n) is 4.00. The number of nitrogens with one attached hydrogen (secondary N) is 1. The monoisotopic (exact) mass is 491 g/mol. The van der Waals surface area contributed by atoms with Gasteiger partial charge in [-0.15, -0.1) is 0 Å². The van der Waals surface area contributed by atoms with Gasteiger partial charge in [-0.1, -0.05) is 23.4 Å². The number of carbonyl (C=O) groups is 1. The first-order chi connectivity index (χ1) is 16.6. The fourth-order valence-corrected chi connectivity index (χ4v) is 4.00. The third-order valence-corrected chi connectivity index (χ3v) is 6.16. The maximum Gasteiger partial charge on any atom is 0.416 e. The lowest BCUT2D eigenvalue weighted by Crippen LogP contribution is -2.53. The number of aromatic nitrogens is 2. The zero-order chi connectivity index (χ0) is 25.2. The molecule has 0 unspecified atom stereocenters. The Labute approximate surface area is 199 Å². The summed E-state index contributed by atoms with van der Waals surface area (Å²) >= 11 is 0. The Balaban J connectivity index is 1.34. The third-order valence-electron chi connectivity index (χ3n) is 6.16. The van der Waals surface area contributed by atoms with Gasteiger partial charge in [0, 0.05) is 37.4 Å². The first kappa shape index (κ1) is 24.8. The van der Waals surface area contributed by atoms with Crippen LogP contribution in [0.4, 0.5) is 23.2 Å². The van der Waals surface area contributed by atoms with Crippen LogP contribution >= 0.6 is 0 Å². The summed E-state index contributed by atoms with van der Waals surface area (Å²) in [6, 6.07) is 9.88. The highest BCUT2D eigenvalue weighted by molar-refractivity contribution is 5.94. The minimum absolute atomic E-state index is 0.0965. The van der Waals surface area contributed by atoms with Crippen LogP contribution in [0.2, 0.25) is 0 Å². The molecule has 1 aliphatic heterocycles. The van der Waals surface area contributed by atoms with Crippen LogP contribution in [0.5, 0.6) is 0 Å². The van der Waals surface area contributed by atoms with Crippen molar-refractivity contribution in [3.8, 4) is 11.4 Å². The Morgan fingerprint density at radius 3 is 2.40 bits per heavy atom. The molecule has 1 aliphatic rings. The van der Waals surface area contributed by atoms with E-state index in [1.807, 2.05) is 11.8 Å². The zero-order valence-electron chi connectivity index (χ0n) is 19.2. The molecule has 35 heavy (non-hydrogen) atoms. The molecule has 7 nitrogen and oxygen atoms in total. The number of nitrogens with zero attached hydrogens (tertiary/aromatic N) is 4. The van der Waals surface area contributed by atoms with Crippen molar-refractivity contribution in [3.05, 3.63) is 65.8 Å². The van der Waals surface area contributed by atoms with Crippen LogP contribution in [0, 0.1) is 5.82 Å².